The van der Waals surface area contributed by atoms with E-state index in [1.807, 2.05) is 32.0 Å². The number of rotatable bonds is 26. The van der Waals surface area contributed by atoms with E-state index in [9.17, 15) is 82.7 Å². The quantitative estimate of drug-likeness (QED) is 0.0222. The number of methoxy groups -OCH3 is 3. The maximum Gasteiger partial charge on any atom is 0.417 e. The zero-order valence-corrected chi connectivity index (χ0v) is 76.5. The number of pyridine rings is 3. The van der Waals surface area contributed by atoms with E-state index >= 15 is 0 Å². The number of fused-ring (bicyclic) bond motifs is 3. The maximum absolute atomic E-state index is 14.3. The molecule has 6 aliphatic rings. The van der Waals surface area contributed by atoms with Crippen molar-refractivity contribution in [2.45, 2.75) is 135 Å². The van der Waals surface area contributed by atoms with Gasteiger partial charge in [0, 0.05) is 200 Å². The number of amides is 7. The maximum atomic E-state index is 14.3. The molecule has 46 heteroatoms. The van der Waals surface area contributed by atoms with E-state index in [1.54, 1.807) is 52.9 Å². The highest BCUT2D eigenvalue weighted by atomic mass is 19.4. The SMILES string of the molecule is C=CC(=O)CCC(=O)N1CCN(Cc2cc3c(N4CCCCC4)nc(-c4cnc(NC(=O)OC)cc4C(F)(F)F)nn3c2)CC1.C=CC(=O)NCC(=O)N1CCN(Cc2cc3c(N4CCCCC4)nc(-c4cnc(NC(=O)OC)cc4C(F)(F)F)nn3c2)CC1.COC(=O)Nc1cc(C(F)(F)F)c(-c2nc(N3CCCCC3)c3cc(CN4CCN(C(=O)CCC(=O)C=C(C)C)CC4)cn3n2)cn1. The highest BCUT2D eigenvalue weighted by Crippen LogP contribution is 2.43. The molecular weight excluding hydrogens is 1810 g/mol. The Morgan fingerprint density at radius 2 is 0.686 bits per heavy atom. The molecule has 37 nitrogen and oxygen atoms in total. The topological polar surface area (TPSA) is 388 Å². The fourth-order valence-electron chi connectivity index (χ4n) is 16.9. The molecule has 4 N–H and O–H groups in total. The number of aromatic nitrogens is 12. The summed E-state index contributed by atoms with van der Waals surface area (Å²) in [5, 5.41) is 22.5. The van der Waals surface area contributed by atoms with Gasteiger partial charge >= 0.3 is 36.8 Å². The molecule has 15 heterocycles. The number of halogens is 9. The van der Waals surface area contributed by atoms with Gasteiger partial charge in [-0.05, 0) is 143 Å². The molecular formula is C91H108F9N25O12. The van der Waals surface area contributed by atoms with E-state index < -0.39 is 59.4 Å². The second kappa shape index (κ2) is 45.2. The molecule has 0 spiro atoms. The van der Waals surface area contributed by atoms with Crippen LogP contribution in [0.2, 0.25) is 0 Å². The summed E-state index contributed by atoms with van der Waals surface area (Å²) in [6.07, 6.45) is 4.62. The second-order valence-electron chi connectivity index (χ2n) is 33.9. The molecule has 6 aliphatic heterocycles. The fraction of sp³-hybridized carbons (Fsp3) is 0.473. The third-order valence-corrected chi connectivity index (χ3v) is 23.9. The van der Waals surface area contributed by atoms with Gasteiger partial charge < -0.3 is 48.9 Å². The highest BCUT2D eigenvalue weighted by molar-refractivity contribution is 5.94. The Morgan fingerprint density at radius 1 is 0.387 bits per heavy atom. The van der Waals surface area contributed by atoms with Gasteiger partial charge in [0.05, 0.1) is 61.3 Å². The van der Waals surface area contributed by atoms with Gasteiger partial charge in [0.25, 0.3) is 0 Å². The summed E-state index contributed by atoms with van der Waals surface area (Å²) >= 11 is 0. The minimum Gasteiger partial charge on any atom is -0.453 e. The molecule has 9 aromatic heterocycles. The Bertz CT molecular complexity index is 5700. The van der Waals surface area contributed by atoms with E-state index in [2.05, 4.69) is 123 Å². The lowest BCUT2D eigenvalue weighted by Crippen LogP contribution is -2.50. The lowest BCUT2D eigenvalue weighted by Gasteiger charge is -2.34. The van der Waals surface area contributed by atoms with Crippen LogP contribution in [-0.2, 0) is 81.1 Å². The van der Waals surface area contributed by atoms with Gasteiger partial charge in [-0.15, -0.1) is 15.3 Å². The molecule has 9 aromatic rings. The van der Waals surface area contributed by atoms with Crippen LogP contribution in [0.15, 0.2) is 111 Å². The average Bonchev–Trinajstić information content (AvgIpc) is 0.851. The summed E-state index contributed by atoms with van der Waals surface area (Å²) in [6.45, 7) is 23.3. The van der Waals surface area contributed by atoms with Crippen molar-refractivity contribution in [2.75, 3.05) is 176 Å². The standard InChI is InChI=1S/C32H39F3N8O4.C30H35F3N8O4.C29H34F3N9O4/c1-21(2)15-23(44)7-8-28(45)41-13-11-40(12-14-41)19-22-16-26-30(42-9-5-4-6-10-42)38-29(39-43(26)20-22)24-18-36-27(37-31(46)47-3)17-25(24)32(33,34)35;1-3-21(42)7-8-26(43)39-13-11-38(12-14-39)18-20-15-24-28(40-9-5-4-6-10-40)36-27(37-41(24)19-20)22-17-34-25(35-29(44)45-2)16-23(22)30(31,32)33;1-3-24(42)34-16-25(43)39-11-9-38(10-12-39)17-19-13-22-27(40-7-5-4-6-8-40)36-26(37-41(22)18-19)20-15-33-23(35-28(44)45-2)14-21(20)29(30,31)32/h15-18,20H,4-14,19H2,1-3H3,(H,36,37,46);3,15-17,19H,1,4-14,18H2,2H3,(H,34,35,44);3,13-15,18H,1,4-12,16-17H2,2H3,(H,34,42)(H,33,35,44). The van der Waals surface area contributed by atoms with E-state index in [-0.39, 0.29) is 113 Å². The summed E-state index contributed by atoms with van der Waals surface area (Å²) in [6, 6.07) is 8.09. The Hall–Kier alpha value is -13.8. The van der Waals surface area contributed by atoms with Crippen LogP contribution in [0.25, 0.3) is 50.7 Å². The van der Waals surface area contributed by atoms with E-state index in [1.165, 1.54) is 6.08 Å². The van der Waals surface area contributed by atoms with E-state index in [4.69, 9.17) is 0 Å². The van der Waals surface area contributed by atoms with Crippen LogP contribution in [0.5, 0.6) is 0 Å². The number of ether oxygens (including phenoxy) is 3. The van der Waals surface area contributed by atoms with Crippen molar-refractivity contribution in [1.29, 1.82) is 0 Å². The van der Waals surface area contributed by atoms with Crippen molar-refractivity contribution in [3.8, 4) is 34.2 Å². The van der Waals surface area contributed by atoms with Crippen LogP contribution in [0, 0.1) is 0 Å². The Labute approximate surface area is 781 Å². The first-order chi connectivity index (χ1) is 65.5. The van der Waals surface area contributed by atoms with Crippen molar-refractivity contribution in [1.82, 2.24) is 93.5 Å². The molecule has 0 aromatic carbocycles. The number of piperazine rings is 3. The molecule has 732 valence electrons. The van der Waals surface area contributed by atoms with Gasteiger partial charge in [0.1, 0.15) is 34.0 Å². The number of carbonyl (C=O) groups excluding carboxylic acids is 9. The molecule has 0 aliphatic carbocycles. The molecule has 0 atom stereocenters. The van der Waals surface area contributed by atoms with Crippen LogP contribution in [0.1, 0.15) is 131 Å². The molecule has 137 heavy (non-hydrogen) atoms. The molecule has 6 fully saturated rings. The normalized spacial score (nSPS) is 16.0. The lowest BCUT2D eigenvalue weighted by atomic mass is 10.1. The summed E-state index contributed by atoms with van der Waals surface area (Å²) in [7, 11) is 3.30. The van der Waals surface area contributed by atoms with Crippen molar-refractivity contribution in [3.63, 3.8) is 0 Å². The van der Waals surface area contributed by atoms with Crippen LogP contribution >= 0.6 is 0 Å². The van der Waals surface area contributed by atoms with Crippen LogP contribution in [0.4, 0.5) is 88.8 Å². The molecule has 0 saturated carbocycles. The Kier molecular flexibility index (Phi) is 33.2. The molecule has 15 rings (SSSR count). The third-order valence-electron chi connectivity index (χ3n) is 23.9. The Balaban J connectivity index is 0.000000174. The van der Waals surface area contributed by atoms with Crippen molar-refractivity contribution in [2.24, 2.45) is 0 Å². The highest BCUT2D eigenvalue weighted by Gasteiger charge is 2.41. The van der Waals surface area contributed by atoms with Crippen molar-refractivity contribution >= 4 is 105 Å². The average molecular weight is 1920 g/mol. The lowest BCUT2D eigenvalue weighted by molar-refractivity contribution is -0.137. The number of piperidine rings is 3. The van der Waals surface area contributed by atoms with Gasteiger partial charge in [-0.1, -0.05) is 18.7 Å². The first kappa shape index (κ1) is 101. The predicted molar refractivity (Wildman–Crippen MR) is 487 cm³/mol. The first-order valence-electron chi connectivity index (χ1n) is 45.0. The summed E-state index contributed by atoms with van der Waals surface area (Å²) < 4.78 is 146. The van der Waals surface area contributed by atoms with Crippen LogP contribution in [-0.4, -0.2) is 287 Å². The van der Waals surface area contributed by atoms with Crippen molar-refractivity contribution < 1.29 is 96.9 Å². The number of nitrogens with one attached hydrogen (secondary N) is 4. The number of hydrogen-bond donors (Lipinski definition) is 4. The molecule has 0 unspecified atom stereocenters. The third kappa shape index (κ3) is 26.5. The van der Waals surface area contributed by atoms with Gasteiger partial charge in [0.15, 0.2) is 46.5 Å². The van der Waals surface area contributed by atoms with Gasteiger partial charge in [-0.2, -0.15) is 39.5 Å². The van der Waals surface area contributed by atoms with Crippen molar-refractivity contribution in [3.05, 3.63) is 144 Å². The number of anilines is 6. The van der Waals surface area contributed by atoms with Gasteiger partial charge in [-0.25, -0.2) is 57.8 Å². The summed E-state index contributed by atoms with van der Waals surface area (Å²) in [5.41, 5.74) is 1.59. The second-order valence-corrected chi connectivity index (χ2v) is 33.9. The predicted octanol–water partition coefficient (Wildman–Crippen LogP) is 12.0. The number of carbonyl (C=O) groups is 9. The molecule has 6 saturated heterocycles. The van der Waals surface area contributed by atoms with Gasteiger partial charge in [-0.3, -0.25) is 59.4 Å². The number of alkyl halides is 9. The number of allylic oxidation sites excluding steroid dienone is 3. The molecule has 0 radical (unpaired) electrons. The molecule has 7 amide bonds. The fourth-order valence-corrected chi connectivity index (χ4v) is 16.9. The number of nitrogens with zero attached hydrogens (tertiary/aromatic N) is 21. The minimum absolute atomic E-state index is 0.0365. The number of hydrogen-bond acceptors (Lipinski definition) is 27. The summed E-state index contributed by atoms with van der Waals surface area (Å²) in [4.78, 5) is 151. The van der Waals surface area contributed by atoms with Crippen LogP contribution < -0.4 is 36.0 Å². The zero-order valence-electron chi connectivity index (χ0n) is 76.5. The minimum atomic E-state index is -4.78. The van der Waals surface area contributed by atoms with E-state index in [0.29, 0.717) is 158 Å². The largest absolute Gasteiger partial charge is 0.453 e. The zero-order chi connectivity index (χ0) is 98.0. The Morgan fingerprint density at radius 3 is 0.964 bits per heavy atom. The monoisotopic (exact) mass is 1910 g/mol. The van der Waals surface area contributed by atoms with Gasteiger partial charge in [0.2, 0.25) is 23.6 Å². The first-order valence-corrected chi connectivity index (χ1v) is 45.0. The van der Waals surface area contributed by atoms with Crippen LogP contribution in [0.3, 0.4) is 0 Å². The summed E-state index contributed by atoms with van der Waals surface area (Å²) in [5.74, 6) is -0.630. The van der Waals surface area contributed by atoms with E-state index in [0.717, 1.165) is 157 Å². The number of ketones is 2. The molecule has 0 bridgehead atoms. The smallest absolute Gasteiger partial charge is 0.417 e.